The molecular formula is C25H31ClO2Si. The maximum atomic E-state index is 6.06. The van der Waals surface area contributed by atoms with Crippen molar-refractivity contribution in [3.05, 3.63) is 82.9 Å². The summed E-state index contributed by atoms with van der Waals surface area (Å²) in [5.74, 6) is 1.30. The van der Waals surface area contributed by atoms with Gasteiger partial charge in [-0.15, -0.1) is 0 Å². The van der Waals surface area contributed by atoms with Gasteiger partial charge in [-0.3, -0.25) is 0 Å². The van der Waals surface area contributed by atoms with Crippen LogP contribution in [-0.4, -0.2) is 21.3 Å². The molecule has 3 rings (SSSR count). The third kappa shape index (κ3) is 7.50. The molecule has 2 nitrogen and oxygen atoms in total. The van der Waals surface area contributed by atoms with E-state index >= 15 is 0 Å². The van der Waals surface area contributed by atoms with Crippen LogP contribution in [0.5, 0.6) is 5.75 Å². The Hall–Kier alpha value is -1.81. The van der Waals surface area contributed by atoms with Gasteiger partial charge in [0.2, 0.25) is 0 Å². The summed E-state index contributed by atoms with van der Waals surface area (Å²) in [6.07, 6.45) is 7.84. The average molecular weight is 427 g/mol. The lowest BCUT2D eigenvalue weighted by atomic mass is 9.93. The highest BCUT2D eigenvalue weighted by Gasteiger charge is 2.14. The zero-order valence-electron chi connectivity index (χ0n) is 17.7. The second-order valence-electron chi connectivity index (χ2n) is 8.85. The van der Waals surface area contributed by atoms with Crippen molar-refractivity contribution in [3.8, 4) is 5.75 Å². The molecule has 2 aromatic carbocycles. The van der Waals surface area contributed by atoms with E-state index in [1.165, 1.54) is 17.2 Å². The van der Waals surface area contributed by atoms with E-state index in [4.69, 9.17) is 21.1 Å². The molecule has 1 unspecified atom stereocenters. The molecule has 0 bridgehead atoms. The first-order chi connectivity index (χ1) is 13.9. The summed E-state index contributed by atoms with van der Waals surface area (Å²) in [6, 6.07) is 17.3. The molecule has 0 saturated carbocycles. The first-order valence-corrected chi connectivity index (χ1v) is 14.4. The SMILES string of the molecule is C[Si](C)(C)CCOCC1C=C(c2cccc(OCc3cccc(Cl)c3)c2)C=CC1. The number of halogens is 1. The Morgan fingerprint density at radius 1 is 1.07 bits per heavy atom. The molecule has 29 heavy (non-hydrogen) atoms. The number of hydrogen-bond donors (Lipinski definition) is 0. The molecule has 0 radical (unpaired) electrons. The van der Waals surface area contributed by atoms with E-state index in [0.717, 1.165) is 36.0 Å². The van der Waals surface area contributed by atoms with Crippen LogP contribution in [0.25, 0.3) is 5.57 Å². The van der Waals surface area contributed by atoms with Crippen molar-refractivity contribution >= 4 is 25.2 Å². The summed E-state index contributed by atoms with van der Waals surface area (Å²) in [5, 5.41) is 0.732. The third-order valence-electron chi connectivity index (χ3n) is 4.94. The summed E-state index contributed by atoms with van der Waals surface area (Å²) in [7, 11) is -1.03. The van der Waals surface area contributed by atoms with Crippen molar-refractivity contribution in [1.82, 2.24) is 0 Å². The Kier molecular flexibility index (Phi) is 7.76. The molecule has 1 aliphatic carbocycles. The van der Waals surface area contributed by atoms with Gasteiger partial charge in [0, 0.05) is 25.6 Å². The first kappa shape index (κ1) is 21.9. The van der Waals surface area contributed by atoms with Gasteiger partial charge >= 0.3 is 0 Å². The van der Waals surface area contributed by atoms with Crippen LogP contribution in [0, 0.1) is 5.92 Å². The lowest BCUT2D eigenvalue weighted by molar-refractivity contribution is 0.124. The van der Waals surface area contributed by atoms with Crippen LogP contribution in [-0.2, 0) is 11.3 Å². The largest absolute Gasteiger partial charge is 0.489 e. The number of rotatable bonds is 9. The van der Waals surface area contributed by atoms with Gasteiger partial charge in [-0.2, -0.15) is 0 Å². The van der Waals surface area contributed by atoms with Gasteiger partial charge in [0.1, 0.15) is 12.4 Å². The van der Waals surface area contributed by atoms with Crippen molar-refractivity contribution in [3.63, 3.8) is 0 Å². The minimum Gasteiger partial charge on any atom is -0.489 e. The van der Waals surface area contributed by atoms with Crippen molar-refractivity contribution in [2.75, 3.05) is 13.2 Å². The molecule has 0 aliphatic heterocycles. The summed E-state index contributed by atoms with van der Waals surface area (Å²) in [6.45, 7) is 9.35. The molecule has 0 spiro atoms. The Bertz CT molecular complexity index is 867. The lowest BCUT2D eigenvalue weighted by Gasteiger charge is -2.19. The van der Waals surface area contributed by atoms with Crippen LogP contribution in [0.15, 0.2) is 66.8 Å². The van der Waals surface area contributed by atoms with Crippen LogP contribution >= 0.6 is 11.6 Å². The van der Waals surface area contributed by atoms with Crippen molar-refractivity contribution in [1.29, 1.82) is 0 Å². The molecule has 154 valence electrons. The van der Waals surface area contributed by atoms with Crippen molar-refractivity contribution < 1.29 is 9.47 Å². The van der Waals surface area contributed by atoms with E-state index in [2.05, 4.69) is 50.0 Å². The Morgan fingerprint density at radius 2 is 1.90 bits per heavy atom. The van der Waals surface area contributed by atoms with Gasteiger partial charge in [0.05, 0.1) is 6.61 Å². The Balaban J connectivity index is 1.58. The second kappa shape index (κ2) is 10.3. The highest BCUT2D eigenvalue weighted by atomic mass is 35.5. The highest BCUT2D eigenvalue weighted by molar-refractivity contribution is 6.76. The van der Waals surface area contributed by atoms with E-state index in [1.54, 1.807) is 0 Å². The number of hydrogen-bond acceptors (Lipinski definition) is 2. The molecule has 4 heteroatoms. The molecule has 0 fully saturated rings. The van der Waals surface area contributed by atoms with Crippen LogP contribution < -0.4 is 4.74 Å². The summed E-state index contributed by atoms with van der Waals surface area (Å²) in [5.41, 5.74) is 3.48. The zero-order chi connectivity index (χ0) is 20.7. The van der Waals surface area contributed by atoms with Crippen LogP contribution in [0.3, 0.4) is 0 Å². The van der Waals surface area contributed by atoms with Gasteiger partial charge in [0.15, 0.2) is 0 Å². The smallest absolute Gasteiger partial charge is 0.120 e. The maximum Gasteiger partial charge on any atom is 0.120 e. The molecule has 2 aromatic rings. The molecule has 1 atom stereocenters. The van der Waals surface area contributed by atoms with E-state index in [1.807, 2.05) is 36.4 Å². The van der Waals surface area contributed by atoms with Gasteiger partial charge in [-0.1, -0.05) is 73.7 Å². The Morgan fingerprint density at radius 3 is 2.69 bits per heavy atom. The zero-order valence-corrected chi connectivity index (χ0v) is 19.4. The number of ether oxygens (including phenoxy) is 2. The van der Waals surface area contributed by atoms with Crippen LogP contribution in [0.1, 0.15) is 17.5 Å². The fraction of sp³-hybridized carbons (Fsp3) is 0.360. The van der Waals surface area contributed by atoms with Gasteiger partial charge in [-0.05, 0) is 53.4 Å². The van der Waals surface area contributed by atoms with Crippen molar-refractivity contribution in [2.45, 2.75) is 38.7 Å². The van der Waals surface area contributed by atoms with Gasteiger partial charge < -0.3 is 9.47 Å². The maximum absolute atomic E-state index is 6.06. The number of benzene rings is 2. The Labute approximate surface area is 181 Å². The highest BCUT2D eigenvalue weighted by Crippen LogP contribution is 2.28. The molecule has 0 saturated heterocycles. The summed E-state index contributed by atoms with van der Waals surface area (Å²) in [4.78, 5) is 0. The van der Waals surface area contributed by atoms with Gasteiger partial charge in [0.25, 0.3) is 0 Å². The fourth-order valence-corrected chi connectivity index (χ4v) is 4.20. The quantitative estimate of drug-likeness (QED) is 0.311. The fourth-order valence-electron chi connectivity index (χ4n) is 3.23. The minimum atomic E-state index is -1.03. The second-order valence-corrected chi connectivity index (χ2v) is 14.9. The monoisotopic (exact) mass is 426 g/mol. The predicted molar refractivity (Wildman–Crippen MR) is 126 cm³/mol. The van der Waals surface area contributed by atoms with E-state index < -0.39 is 8.07 Å². The van der Waals surface area contributed by atoms with E-state index in [0.29, 0.717) is 12.5 Å². The van der Waals surface area contributed by atoms with E-state index in [9.17, 15) is 0 Å². The lowest BCUT2D eigenvalue weighted by Crippen LogP contribution is -2.22. The molecule has 0 aromatic heterocycles. The first-order valence-electron chi connectivity index (χ1n) is 10.3. The van der Waals surface area contributed by atoms with Crippen molar-refractivity contribution in [2.24, 2.45) is 5.92 Å². The molecular weight excluding hydrogens is 396 g/mol. The van der Waals surface area contributed by atoms with Crippen LogP contribution in [0.4, 0.5) is 0 Å². The summed E-state index contributed by atoms with van der Waals surface area (Å²) >= 11 is 6.06. The van der Waals surface area contributed by atoms with Crippen LogP contribution in [0.2, 0.25) is 30.7 Å². The topological polar surface area (TPSA) is 18.5 Å². The molecule has 0 amide bonds. The molecule has 1 aliphatic rings. The standard InChI is InChI=1S/C25H31ClO2Si/c1-29(2,3)14-13-27-18-20-7-4-9-22(15-20)23-10-6-12-25(17-23)28-19-21-8-5-11-24(26)16-21/h4-6,8-12,15-17,20H,7,13-14,18-19H2,1-3H3. The predicted octanol–water partition coefficient (Wildman–Crippen LogP) is 7.23. The summed E-state index contributed by atoms with van der Waals surface area (Å²) < 4.78 is 12.0. The molecule has 0 heterocycles. The normalized spacial score (nSPS) is 16.6. The average Bonchev–Trinajstić information content (AvgIpc) is 2.70. The van der Waals surface area contributed by atoms with Gasteiger partial charge in [-0.25, -0.2) is 0 Å². The number of allylic oxidation sites excluding steroid dienone is 3. The minimum absolute atomic E-state index is 0.438. The van der Waals surface area contributed by atoms with E-state index in [-0.39, 0.29) is 0 Å². The third-order valence-corrected chi connectivity index (χ3v) is 6.88. The molecule has 0 N–H and O–H groups in total.